The van der Waals surface area contributed by atoms with Crippen molar-refractivity contribution in [2.24, 2.45) is 0 Å². The fraction of sp³-hybridized carbons (Fsp3) is 0.462. The molecule has 5 nitrogen and oxygen atoms in total. The Morgan fingerprint density at radius 1 is 1.50 bits per heavy atom. The van der Waals surface area contributed by atoms with E-state index in [4.69, 9.17) is 4.74 Å². The first-order valence-corrected chi connectivity index (χ1v) is 7.92. The molecule has 0 saturated heterocycles. The van der Waals surface area contributed by atoms with E-state index in [2.05, 4.69) is 14.7 Å². The summed E-state index contributed by atoms with van der Waals surface area (Å²) in [7, 11) is 0. The number of anilines is 1. The number of carbonyl (C=O) groups excluding carboxylic acids is 1. The fourth-order valence-corrected chi connectivity index (χ4v) is 3.43. The summed E-state index contributed by atoms with van der Waals surface area (Å²) in [5.41, 5.74) is 0.835. The Hall–Kier alpha value is -1.47. The lowest BCUT2D eigenvalue weighted by Gasteiger charge is -2.24. The number of nitrogens with one attached hydrogen (secondary N) is 1. The molecule has 0 amide bonds. The van der Waals surface area contributed by atoms with Gasteiger partial charge in [0.15, 0.2) is 0 Å². The minimum Gasteiger partial charge on any atom is -0.462 e. The van der Waals surface area contributed by atoms with Gasteiger partial charge in [-0.1, -0.05) is 0 Å². The van der Waals surface area contributed by atoms with Crippen LogP contribution >= 0.6 is 22.9 Å². The SMILES string of the molecule is CCOC(=O)c1c(C)nsc1NC(C)(C)c1nccs1. The fourth-order valence-electron chi connectivity index (χ4n) is 1.77. The minimum atomic E-state index is -0.367. The molecule has 0 aliphatic carbocycles. The van der Waals surface area contributed by atoms with E-state index in [1.54, 1.807) is 24.5 Å². The molecule has 0 unspecified atom stereocenters. The smallest absolute Gasteiger partial charge is 0.343 e. The van der Waals surface area contributed by atoms with E-state index in [1.807, 2.05) is 26.2 Å². The van der Waals surface area contributed by atoms with Crippen molar-refractivity contribution in [2.45, 2.75) is 33.2 Å². The summed E-state index contributed by atoms with van der Waals surface area (Å²) in [6, 6.07) is 0. The van der Waals surface area contributed by atoms with Crippen LogP contribution in [-0.2, 0) is 10.3 Å². The highest BCUT2D eigenvalue weighted by Gasteiger charge is 2.28. The molecule has 7 heteroatoms. The van der Waals surface area contributed by atoms with Gasteiger partial charge in [0.05, 0.1) is 17.8 Å². The van der Waals surface area contributed by atoms with E-state index < -0.39 is 0 Å². The van der Waals surface area contributed by atoms with Crippen molar-refractivity contribution in [3.8, 4) is 0 Å². The summed E-state index contributed by atoms with van der Waals surface area (Å²) >= 11 is 2.84. The highest BCUT2D eigenvalue weighted by Crippen LogP contribution is 2.33. The molecule has 0 aromatic carbocycles. The molecule has 0 atom stereocenters. The maximum Gasteiger partial charge on any atom is 0.343 e. The zero-order chi connectivity index (χ0) is 14.8. The highest BCUT2D eigenvalue weighted by molar-refractivity contribution is 7.11. The van der Waals surface area contributed by atoms with Crippen molar-refractivity contribution >= 4 is 33.8 Å². The first-order valence-electron chi connectivity index (χ1n) is 6.27. The first-order chi connectivity index (χ1) is 9.45. The molecule has 0 aliphatic heterocycles. The van der Waals surface area contributed by atoms with Gasteiger partial charge in [0, 0.05) is 11.6 Å². The molecule has 2 aromatic heterocycles. The molecule has 0 aliphatic rings. The van der Waals surface area contributed by atoms with Gasteiger partial charge in [0.25, 0.3) is 0 Å². The van der Waals surface area contributed by atoms with Gasteiger partial charge in [-0.3, -0.25) is 0 Å². The predicted octanol–water partition coefficient (Wildman–Crippen LogP) is 3.43. The monoisotopic (exact) mass is 311 g/mol. The zero-order valence-electron chi connectivity index (χ0n) is 11.9. The maximum atomic E-state index is 12.0. The summed E-state index contributed by atoms with van der Waals surface area (Å²) in [4.78, 5) is 16.3. The predicted molar refractivity (Wildman–Crippen MR) is 81.6 cm³/mol. The third-order valence-electron chi connectivity index (χ3n) is 2.74. The third kappa shape index (κ3) is 2.99. The Morgan fingerprint density at radius 2 is 2.25 bits per heavy atom. The number of esters is 1. The lowest BCUT2D eigenvalue weighted by Crippen LogP contribution is -2.28. The van der Waals surface area contributed by atoms with Crippen LogP contribution in [0.1, 0.15) is 41.8 Å². The molecule has 0 fully saturated rings. The Balaban J connectivity index is 2.28. The van der Waals surface area contributed by atoms with E-state index in [-0.39, 0.29) is 11.5 Å². The lowest BCUT2D eigenvalue weighted by atomic mass is 10.1. The zero-order valence-corrected chi connectivity index (χ0v) is 13.5. The Bertz CT molecular complexity index is 591. The molecule has 0 saturated carbocycles. The van der Waals surface area contributed by atoms with Crippen LogP contribution in [0.5, 0.6) is 0 Å². The van der Waals surface area contributed by atoms with Crippen molar-refractivity contribution in [3.63, 3.8) is 0 Å². The average Bonchev–Trinajstić information content (AvgIpc) is 2.99. The van der Waals surface area contributed by atoms with Crippen molar-refractivity contribution < 1.29 is 9.53 Å². The second-order valence-corrected chi connectivity index (χ2v) is 6.45. The second-order valence-electron chi connectivity index (χ2n) is 4.78. The summed E-state index contributed by atoms with van der Waals surface area (Å²) < 4.78 is 9.33. The molecule has 108 valence electrons. The van der Waals surface area contributed by atoms with Crippen LogP contribution in [0.2, 0.25) is 0 Å². The van der Waals surface area contributed by atoms with Gasteiger partial charge in [-0.15, -0.1) is 11.3 Å². The largest absolute Gasteiger partial charge is 0.462 e. The Labute approximate surface area is 126 Å². The Morgan fingerprint density at radius 3 is 2.85 bits per heavy atom. The van der Waals surface area contributed by atoms with Gasteiger partial charge in [0.2, 0.25) is 0 Å². The second kappa shape index (κ2) is 5.88. The van der Waals surface area contributed by atoms with Gasteiger partial charge in [0.1, 0.15) is 15.6 Å². The molecule has 2 rings (SSSR count). The first kappa shape index (κ1) is 14.9. The van der Waals surface area contributed by atoms with E-state index in [0.717, 1.165) is 10.0 Å². The molecule has 1 N–H and O–H groups in total. The number of rotatable bonds is 5. The Kier molecular flexibility index (Phi) is 4.39. The molecule has 0 spiro atoms. The van der Waals surface area contributed by atoms with Crippen molar-refractivity contribution in [1.29, 1.82) is 0 Å². The van der Waals surface area contributed by atoms with E-state index in [9.17, 15) is 4.79 Å². The summed E-state index contributed by atoms with van der Waals surface area (Å²) in [6.07, 6.45) is 1.77. The van der Waals surface area contributed by atoms with Gasteiger partial charge in [-0.2, -0.15) is 4.37 Å². The number of ether oxygens (including phenoxy) is 1. The molecule has 2 aromatic rings. The van der Waals surface area contributed by atoms with Crippen LogP contribution in [0.4, 0.5) is 5.00 Å². The van der Waals surface area contributed by atoms with Crippen LogP contribution in [0.25, 0.3) is 0 Å². The van der Waals surface area contributed by atoms with Gasteiger partial charge < -0.3 is 10.1 Å². The number of hydrogen-bond acceptors (Lipinski definition) is 7. The van der Waals surface area contributed by atoms with Crippen LogP contribution in [0.15, 0.2) is 11.6 Å². The van der Waals surface area contributed by atoms with Gasteiger partial charge >= 0.3 is 5.97 Å². The quantitative estimate of drug-likeness (QED) is 0.857. The van der Waals surface area contributed by atoms with Gasteiger partial charge in [-0.05, 0) is 39.2 Å². The normalized spacial score (nSPS) is 11.4. The summed E-state index contributed by atoms with van der Waals surface area (Å²) in [5.74, 6) is -0.337. The van der Waals surface area contributed by atoms with E-state index in [1.165, 1.54) is 11.5 Å². The van der Waals surface area contributed by atoms with Crippen LogP contribution in [0.3, 0.4) is 0 Å². The maximum absolute atomic E-state index is 12.0. The number of aromatic nitrogens is 2. The van der Waals surface area contributed by atoms with Crippen molar-refractivity contribution in [1.82, 2.24) is 9.36 Å². The van der Waals surface area contributed by atoms with Crippen molar-refractivity contribution in [2.75, 3.05) is 11.9 Å². The van der Waals surface area contributed by atoms with Gasteiger partial charge in [-0.25, -0.2) is 9.78 Å². The number of nitrogens with zero attached hydrogens (tertiary/aromatic N) is 2. The summed E-state index contributed by atoms with van der Waals surface area (Å²) in [5, 5.41) is 6.97. The number of aryl methyl sites for hydroxylation is 1. The third-order valence-corrected chi connectivity index (χ3v) is 4.69. The molecule has 2 heterocycles. The topological polar surface area (TPSA) is 64.1 Å². The van der Waals surface area contributed by atoms with E-state index >= 15 is 0 Å². The minimum absolute atomic E-state index is 0.337. The molecular formula is C13H17N3O2S2. The lowest BCUT2D eigenvalue weighted by molar-refractivity contribution is 0.0527. The molecule has 0 bridgehead atoms. The van der Waals surface area contributed by atoms with Crippen molar-refractivity contribution in [3.05, 3.63) is 27.8 Å². The number of thiazole rings is 1. The summed E-state index contributed by atoms with van der Waals surface area (Å²) in [6.45, 7) is 8.00. The van der Waals surface area contributed by atoms with Crippen LogP contribution in [-0.4, -0.2) is 21.9 Å². The number of carbonyl (C=O) groups is 1. The molecule has 0 radical (unpaired) electrons. The van der Waals surface area contributed by atoms with E-state index in [0.29, 0.717) is 17.9 Å². The molecular weight excluding hydrogens is 294 g/mol. The average molecular weight is 311 g/mol. The highest BCUT2D eigenvalue weighted by atomic mass is 32.1. The molecule has 20 heavy (non-hydrogen) atoms. The van der Waals surface area contributed by atoms with Crippen LogP contribution < -0.4 is 5.32 Å². The van der Waals surface area contributed by atoms with Crippen LogP contribution in [0, 0.1) is 6.92 Å². The standard InChI is InChI=1S/C13H17N3O2S2/c1-5-18-11(17)9-8(2)16-20-10(9)15-13(3,4)12-14-6-7-19-12/h6-7,15H,5H2,1-4H3. The number of hydrogen-bond donors (Lipinski definition) is 1.